The summed E-state index contributed by atoms with van der Waals surface area (Å²) in [4.78, 5) is 16.7. The molecule has 1 saturated heterocycles. The summed E-state index contributed by atoms with van der Waals surface area (Å²) in [5, 5.41) is 0. The summed E-state index contributed by atoms with van der Waals surface area (Å²) in [7, 11) is -1.56. The number of sulfone groups is 1. The number of hydrogen-bond donors (Lipinski definition) is 0. The first kappa shape index (κ1) is 19.3. The van der Waals surface area contributed by atoms with Gasteiger partial charge in [0.15, 0.2) is 15.6 Å². The van der Waals surface area contributed by atoms with Gasteiger partial charge in [0.05, 0.1) is 7.11 Å². The normalized spacial score (nSPS) is 17.8. The van der Waals surface area contributed by atoms with E-state index in [2.05, 4.69) is 11.8 Å². The number of benzene rings is 1. The molecule has 1 aliphatic heterocycles. The predicted molar refractivity (Wildman–Crippen MR) is 103 cm³/mol. The Kier molecular flexibility index (Phi) is 5.46. The topological polar surface area (TPSA) is 80.1 Å². The van der Waals surface area contributed by atoms with Gasteiger partial charge in [0.1, 0.15) is 17.3 Å². The van der Waals surface area contributed by atoms with Crippen molar-refractivity contribution >= 4 is 21.4 Å². The third-order valence-electron chi connectivity index (χ3n) is 4.58. The molecule has 1 fully saturated rings. The molecule has 1 amide bonds. The second kappa shape index (κ2) is 7.64. The van der Waals surface area contributed by atoms with Crippen LogP contribution in [0.4, 0.5) is 5.69 Å². The van der Waals surface area contributed by atoms with Crippen LogP contribution in [-0.2, 0) is 15.6 Å². The molecule has 0 radical (unpaired) electrons. The number of methoxy groups -OCH3 is 1. The third kappa shape index (κ3) is 4.63. The Morgan fingerprint density at radius 3 is 2.70 bits per heavy atom. The van der Waals surface area contributed by atoms with Gasteiger partial charge in [-0.25, -0.2) is 8.42 Å². The van der Waals surface area contributed by atoms with E-state index < -0.39 is 9.84 Å². The van der Waals surface area contributed by atoms with Crippen LogP contribution in [0, 0.1) is 0 Å². The summed E-state index contributed by atoms with van der Waals surface area (Å²) >= 11 is 0. The van der Waals surface area contributed by atoms with Crippen LogP contribution < -0.4 is 9.64 Å². The molecule has 8 heteroatoms. The van der Waals surface area contributed by atoms with Crippen molar-refractivity contribution in [3.05, 3.63) is 47.9 Å². The molecule has 2 aromatic rings. The number of furan rings is 1. The number of rotatable bonds is 5. The number of piperazine rings is 1. The highest BCUT2D eigenvalue weighted by molar-refractivity contribution is 7.89. The summed E-state index contributed by atoms with van der Waals surface area (Å²) in [6.07, 6.45) is 1.14. The molecule has 3 rings (SSSR count). The average Bonchev–Trinajstić information content (AvgIpc) is 3.07. The number of nitrogens with zero attached hydrogens (tertiary/aromatic N) is 2. The first-order chi connectivity index (χ1) is 12.8. The van der Waals surface area contributed by atoms with Crippen LogP contribution >= 0.6 is 0 Å². The molecule has 146 valence electrons. The first-order valence-electron chi connectivity index (χ1n) is 8.73. The fourth-order valence-electron chi connectivity index (χ4n) is 3.30. The van der Waals surface area contributed by atoms with Crippen LogP contribution in [0.3, 0.4) is 0 Å². The molecule has 1 atom stereocenters. The summed E-state index contributed by atoms with van der Waals surface area (Å²) < 4.78 is 33.5. The van der Waals surface area contributed by atoms with Gasteiger partial charge in [-0.3, -0.25) is 4.79 Å². The van der Waals surface area contributed by atoms with Crippen molar-refractivity contribution in [2.24, 2.45) is 0 Å². The van der Waals surface area contributed by atoms with Crippen molar-refractivity contribution in [3.8, 4) is 5.75 Å². The van der Waals surface area contributed by atoms with E-state index in [9.17, 15) is 13.2 Å². The van der Waals surface area contributed by atoms with E-state index in [1.807, 2.05) is 24.3 Å². The van der Waals surface area contributed by atoms with Crippen LogP contribution in [-0.4, -0.2) is 58.3 Å². The standard InChI is InChI=1S/C19H24N2O5S/c1-14-12-20(9-10-21(14)15-5-4-6-16(11-15)25-2)19(22)18-8-7-17(26-18)13-27(3,23)24/h4-8,11,14H,9-10,12-13H2,1-3H3/t14-/m1/s1. The first-order valence-corrected chi connectivity index (χ1v) is 10.8. The molecule has 0 unspecified atom stereocenters. The minimum Gasteiger partial charge on any atom is -0.497 e. The molecular formula is C19H24N2O5S. The maximum atomic E-state index is 12.7. The van der Waals surface area contributed by atoms with Gasteiger partial charge >= 0.3 is 0 Å². The maximum absolute atomic E-state index is 12.7. The summed E-state index contributed by atoms with van der Waals surface area (Å²) in [5.41, 5.74) is 1.06. The van der Waals surface area contributed by atoms with Crippen LogP contribution in [0.15, 0.2) is 40.8 Å². The molecule has 0 bridgehead atoms. The van der Waals surface area contributed by atoms with E-state index in [4.69, 9.17) is 9.15 Å². The molecule has 1 aromatic carbocycles. The van der Waals surface area contributed by atoms with Gasteiger partial charge < -0.3 is 19.0 Å². The monoisotopic (exact) mass is 392 g/mol. The summed E-state index contributed by atoms with van der Waals surface area (Å²) in [6, 6.07) is 11.1. The molecule has 1 aliphatic rings. The lowest BCUT2D eigenvalue weighted by atomic mass is 10.1. The van der Waals surface area contributed by atoms with E-state index in [1.54, 1.807) is 24.1 Å². The Hall–Kier alpha value is -2.48. The molecule has 0 aliphatic carbocycles. The van der Waals surface area contributed by atoms with E-state index in [0.29, 0.717) is 19.6 Å². The Labute approximate surface area is 159 Å². The Bertz CT molecular complexity index is 922. The van der Waals surface area contributed by atoms with E-state index in [0.717, 1.165) is 17.7 Å². The molecule has 0 saturated carbocycles. The fourth-order valence-corrected chi connectivity index (χ4v) is 3.97. The number of carbonyl (C=O) groups is 1. The molecule has 2 heterocycles. The van der Waals surface area contributed by atoms with Crippen molar-refractivity contribution in [2.45, 2.75) is 18.7 Å². The molecular weight excluding hydrogens is 368 g/mol. The van der Waals surface area contributed by atoms with E-state index >= 15 is 0 Å². The lowest BCUT2D eigenvalue weighted by Gasteiger charge is -2.41. The zero-order chi connectivity index (χ0) is 19.6. The van der Waals surface area contributed by atoms with Gasteiger partial charge in [-0.05, 0) is 31.2 Å². The minimum absolute atomic E-state index is 0.125. The zero-order valence-electron chi connectivity index (χ0n) is 15.7. The van der Waals surface area contributed by atoms with Gasteiger partial charge in [-0.15, -0.1) is 0 Å². The SMILES string of the molecule is COc1cccc(N2CCN(C(=O)c3ccc(CS(C)(=O)=O)o3)C[C@H]2C)c1. The number of amides is 1. The highest BCUT2D eigenvalue weighted by Gasteiger charge is 2.29. The minimum atomic E-state index is -3.20. The van der Waals surface area contributed by atoms with Gasteiger partial charge in [0.2, 0.25) is 0 Å². The highest BCUT2D eigenvalue weighted by Crippen LogP contribution is 2.25. The average molecular weight is 392 g/mol. The zero-order valence-corrected chi connectivity index (χ0v) is 16.5. The van der Waals surface area contributed by atoms with E-state index in [1.165, 1.54) is 0 Å². The maximum Gasteiger partial charge on any atom is 0.289 e. The van der Waals surface area contributed by atoms with Crippen LogP contribution in [0.25, 0.3) is 0 Å². The molecule has 1 aromatic heterocycles. The van der Waals surface area contributed by atoms with Crippen molar-refractivity contribution in [2.75, 3.05) is 37.9 Å². The summed E-state index contributed by atoms with van der Waals surface area (Å²) in [6.45, 7) is 3.87. The molecule has 0 spiro atoms. The van der Waals surface area contributed by atoms with Crippen LogP contribution in [0.5, 0.6) is 5.75 Å². The number of hydrogen-bond acceptors (Lipinski definition) is 6. The van der Waals surface area contributed by atoms with Crippen molar-refractivity contribution in [3.63, 3.8) is 0 Å². The van der Waals surface area contributed by atoms with Crippen molar-refractivity contribution in [1.82, 2.24) is 4.90 Å². The third-order valence-corrected chi connectivity index (χ3v) is 5.39. The fraction of sp³-hybridized carbons (Fsp3) is 0.421. The van der Waals surface area contributed by atoms with Crippen molar-refractivity contribution in [1.29, 1.82) is 0 Å². The van der Waals surface area contributed by atoms with E-state index in [-0.39, 0.29) is 29.2 Å². The van der Waals surface area contributed by atoms with Crippen LogP contribution in [0.1, 0.15) is 23.2 Å². The quantitative estimate of drug-likeness (QED) is 0.776. The smallest absolute Gasteiger partial charge is 0.289 e. The lowest BCUT2D eigenvalue weighted by molar-refractivity contribution is 0.0692. The molecule has 7 nitrogen and oxygen atoms in total. The number of anilines is 1. The second-order valence-corrected chi connectivity index (χ2v) is 8.97. The van der Waals surface area contributed by atoms with Gasteiger partial charge in [-0.2, -0.15) is 0 Å². The molecule has 0 N–H and O–H groups in total. The Balaban J connectivity index is 1.67. The molecule has 27 heavy (non-hydrogen) atoms. The predicted octanol–water partition coefficient (Wildman–Crippen LogP) is 2.18. The lowest BCUT2D eigenvalue weighted by Crippen LogP contribution is -2.53. The Morgan fingerprint density at radius 1 is 1.26 bits per heavy atom. The van der Waals surface area contributed by atoms with Gasteiger partial charge in [0.25, 0.3) is 5.91 Å². The second-order valence-electron chi connectivity index (χ2n) is 6.83. The highest BCUT2D eigenvalue weighted by atomic mass is 32.2. The largest absolute Gasteiger partial charge is 0.497 e. The Morgan fingerprint density at radius 2 is 2.04 bits per heavy atom. The van der Waals surface area contributed by atoms with Crippen molar-refractivity contribution < 1.29 is 22.4 Å². The van der Waals surface area contributed by atoms with Crippen LogP contribution in [0.2, 0.25) is 0 Å². The number of carbonyl (C=O) groups excluding carboxylic acids is 1. The summed E-state index contributed by atoms with van der Waals surface area (Å²) in [5.74, 6) is 0.832. The van der Waals surface area contributed by atoms with Gasteiger partial charge in [0, 0.05) is 43.7 Å². The number of ether oxygens (including phenoxy) is 1. The van der Waals surface area contributed by atoms with Gasteiger partial charge in [-0.1, -0.05) is 6.07 Å².